The topological polar surface area (TPSA) is 109 Å². The molecule has 0 aromatic heterocycles. The second-order valence-electron chi connectivity index (χ2n) is 7.67. The van der Waals surface area contributed by atoms with Crippen molar-refractivity contribution in [3.8, 4) is 11.5 Å². The quantitative estimate of drug-likeness (QED) is 0.566. The molecule has 4 amide bonds. The smallest absolute Gasteiger partial charge is 0.323 e. The Labute approximate surface area is 189 Å². The van der Waals surface area contributed by atoms with Gasteiger partial charge in [0.05, 0.1) is 0 Å². The van der Waals surface area contributed by atoms with Crippen molar-refractivity contribution < 1.29 is 23.9 Å². The molecule has 9 nitrogen and oxygen atoms in total. The monoisotopic (exact) mass is 444 g/mol. The van der Waals surface area contributed by atoms with Gasteiger partial charge in [-0.25, -0.2) is 4.79 Å². The van der Waals surface area contributed by atoms with Crippen LogP contribution in [0.2, 0.25) is 0 Å². The van der Waals surface area contributed by atoms with Crippen LogP contribution in [-0.2, 0) is 6.54 Å². The van der Waals surface area contributed by atoms with E-state index >= 15 is 0 Å². The molecule has 0 spiro atoms. The second-order valence-corrected chi connectivity index (χ2v) is 7.67. The van der Waals surface area contributed by atoms with Gasteiger partial charge < -0.3 is 30.3 Å². The van der Waals surface area contributed by atoms with E-state index in [2.05, 4.69) is 16.0 Å². The zero-order chi connectivity index (χ0) is 22.9. The molecule has 3 N–H and O–H groups in total. The predicted molar refractivity (Wildman–Crippen MR) is 122 cm³/mol. The Balaban J connectivity index is 1.20. The number of rotatable bonds is 4. The molecule has 0 radical (unpaired) electrons. The first-order chi connectivity index (χ1) is 16.0. The minimum atomic E-state index is -0.428. The van der Waals surface area contributed by atoms with Crippen LogP contribution in [0, 0.1) is 0 Å². The van der Waals surface area contributed by atoms with Gasteiger partial charge in [-0.05, 0) is 54.6 Å². The van der Waals surface area contributed by atoms with Crippen LogP contribution in [0.5, 0.6) is 11.5 Å². The molecule has 0 saturated carbocycles. The first-order valence-electron chi connectivity index (χ1n) is 10.2. The minimum absolute atomic E-state index is 0.0626. The van der Waals surface area contributed by atoms with E-state index in [4.69, 9.17) is 9.47 Å². The van der Waals surface area contributed by atoms with E-state index in [9.17, 15) is 14.4 Å². The summed E-state index contributed by atoms with van der Waals surface area (Å²) in [6.45, 7) is 0.590. The van der Waals surface area contributed by atoms with E-state index < -0.39 is 6.03 Å². The Hall–Kier alpha value is -4.53. The summed E-state index contributed by atoms with van der Waals surface area (Å²) < 4.78 is 10.6. The fourth-order valence-electron chi connectivity index (χ4n) is 3.75. The van der Waals surface area contributed by atoms with Crippen molar-refractivity contribution in [2.24, 2.45) is 0 Å². The molecule has 0 fully saturated rings. The lowest BCUT2D eigenvalue weighted by molar-refractivity contribution is 0.0816. The molecule has 3 aromatic rings. The van der Waals surface area contributed by atoms with Crippen molar-refractivity contribution in [1.29, 1.82) is 0 Å². The summed E-state index contributed by atoms with van der Waals surface area (Å²) in [5, 5.41) is 8.36. The van der Waals surface area contributed by atoms with Crippen molar-refractivity contribution in [2.75, 3.05) is 29.8 Å². The minimum Gasteiger partial charge on any atom is -0.454 e. The molecule has 0 bridgehead atoms. The van der Waals surface area contributed by atoms with Gasteiger partial charge in [0.15, 0.2) is 11.5 Å². The Morgan fingerprint density at radius 3 is 2.39 bits per heavy atom. The Kier molecular flexibility index (Phi) is 5.06. The number of hydrogen-bond donors (Lipinski definition) is 3. The number of amides is 4. The van der Waals surface area contributed by atoms with Crippen molar-refractivity contribution in [1.82, 2.24) is 4.90 Å². The van der Waals surface area contributed by atoms with Crippen molar-refractivity contribution in [2.45, 2.75) is 6.54 Å². The molecular weight excluding hydrogens is 424 g/mol. The summed E-state index contributed by atoms with van der Waals surface area (Å²) in [7, 11) is 1.72. The van der Waals surface area contributed by atoms with Crippen molar-refractivity contribution >= 4 is 34.9 Å². The maximum Gasteiger partial charge on any atom is 0.323 e. The first kappa shape index (κ1) is 20.4. The summed E-state index contributed by atoms with van der Waals surface area (Å²) in [6.07, 6.45) is 0. The number of benzene rings is 3. The lowest BCUT2D eigenvalue weighted by Gasteiger charge is -2.12. The van der Waals surface area contributed by atoms with Gasteiger partial charge >= 0.3 is 6.03 Å². The standard InChI is InChI=1S/C24H20N4O5/c1-28-12-18-17(23(28)30)3-2-4-19(18)27-24(31)26-16-8-6-15(7-9-16)25-22(29)14-5-10-20-21(11-14)33-13-32-20/h2-11H,12-13H2,1H3,(H,25,29)(H2,26,27,31). The fourth-order valence-corrected chi connectivity index (χ4v) is 3.75. The van der Waals surface area contributed by atoms with Crippen LogP contribution in [0.4, 0.5) is 21.9 Å². The number of carbonyl (C=O) groups excluding carboxylic acids is 3. The molecule has 0 unspecified atom stereocenters. The van der Waals surface area contributed by atoms with Gasteiger partial charge in [-0.3, -0.25) is 9.59 Å². The van der Waals surface area contributed by atoms with Crippen LogP contribution < -0.4 is 25.4 Å². The average molecular weight is 444 g/mol. The maximum absolute atomic E-state index is 12.5. The molecule has 2 heterocycles. The zero-order valence-electron chi connectivity index (χ0n) is 17.7. The van der Waals surface area contributed by atoms with Crippen LogP contribution in [0.1, 0.15) is 26.3 Å². The van der Waals surface area contributed by atoms with E-state index in [1.165, 1.54) is 0 Å². The summed E-state index contributed by atoms with van der Waals surface area (Å²) in [5.74, 6) is 0.796. The van der Waals surface area contributed by atoms with Crippen LogP contribution >= 0.6 is 0 Å². The second kappa shape index (κ2) is 8.19. The van der Waals surface area contributed by atoms with Crippen LogP contribution in [0.15, 0.2) is 60.7 Å². The van der Waals surface area contributed by atoms with Gasteiger partial charge in [0.1, 0.15) is 0 Å². The lowest BCUT2D eigenvalue weighted by Crippen LogP contribution is -2.20. The van der Waals surface area contributed by atoms with Crippen LogP contribution in [0.3, 0.4) is 0 Å². The third-order valence-corrected chi connectivity index (χ3v) is 5.43. The first-order valence-corrected chi connectivity index (χ1v) is 10.2. The van der Waals surface area contributed by atoms with Gasteiger partial charge in [0.25, 0.3) is 11.8 Å². The third-order valence-electron chi connectivity index (χ3n) is 5.43. The largest absolute Gasteiger partial charge is 0.454 e. The molecular formula is C24H20N4O5. The Morgan fingerprint density at radius 2 is 1.61 bits per heavy atom. The summed E-state index contributed by atoms with van der Waals surface area (Å²) in [6, 6.07) is 16.6. The van der Waals surface area contributed by atoms with Crippen LogP contribution in [0.25, 0.3) is 0 Å². The number of ether oxygens (including phenoxy) is 2. The van der Waals surface area contributed by atoms with E-state index in [1.807, 2.05) is 0 Å². The van der Waals surface area contributed by atoms with Gasteiger partial charge in [0.2, 0.25) is 6.79 Å². The number of hydrogen-bond acceptors (Lipinski definition) is 5. The number of carbonyl (C=O) groups is 3. The van der Waals surface area contributed by atoms with E-state index in [0.29, 0.717) is 46.2 Å². The Bertz CT molecular complexity index is 1270. The number of nitrogens with one attached hydrogen (secondary N) is 3. The van der Waals surface area contributed by atoms with Crippen LogP contribution in [-0.4, -0.2) is 36.6 Å². The highest BCUT2D eigenvalue weighted by molar-refractivity contribution is 6.06. The molecule has 0 saturated heterocycles. The molecule has 0 aliphatic carbocycles. The number of fused-ring (bicyclic) bond motifs is 2. The van der Waals surface area contributed by atoms with E-state index in [1.54, 1.807) is 72.6 Å². The van der Waals surface area contributed by atoms with E-state index in [0.717, 1.165) is 5.56 Å². The third kappa shape index (κ3) is 4.03. The van der Waals surface area contributed by atoms with Crippen molar-refractivity contribution in [3.05, 3.63) is 77.4 Å². The number of urea groups is 1. The summed E-state index contributed by atoms with van der Waals surface area (Å²) in [4.78, 5) is 38.7. The maximum atomic E-state index is 12.5. The molecule has 9 heteroatoms. The molecule has 0 atom stereocenters. The molecule has 5 rings (SSSR count). The van der Waals surface area contributed by atoms with Gasteiger partial charge in [-0.15, -0.1) is 0 Å². The highest BCUT2D eigenvalue weighted by atomic mass is 16.7. The lowest BCUT2D eigenvalue weighted by atomic mass is 10.1. The zero-order valence-corrected chi connectivity index (χ0v) is 17.7. The molecule has 33 heavy (non-hydrogen) atoms. The van der Waals surface area contributed by atoms with E-state index in [-0.39, 0.29) is 18.6 Å². The van der Waals surface area contributed by atoms with Gasteiger partial charge in [-0.2, -0.15) is 0 Å². The SMILES string of the molecule is CN1Cc2c(NC(=O)Nc3ccc(NC(=O)c4ccc5c(c4)OCO5)cc3)cccc2C1=O. The normalized spacial score (nSPS) is 13.5. The highest BCUT2D eigenvalue weighted by Gasteiger charge is 2.26. The van der Waals surface area contributed by atoms with Gasteiger partial charge in [0, 0.05) is 47.3 Å². The molecule has 3 aromatic carbocycles. The highest BCUT2D eigenvalue weighted by Crippen LogP contribution is 2.33. The Morgan fingerprint density at radius 1 is 0.879 bits per heavy atom. The fraction of sp³-hybridized carbons (Fsp3) is 0.125. The molecule has 2 aliphatic heterocycles. The molecule has 2 aliphatic rings. The van der Waals surface area contributed by atoms with Gasteiger partial charge in [-0.1, -0.05) is 6.07 Å². The number of nitrogens with zero attached hydrogens (tertiary/aromatic N) is 1. The molecule has 166 valence electrons. The summed E-state index contributed by atoms with van der Waals surface area (Å²) in [5.41, 5.74) is 3.55. The number of anilines is 3. The predicted octanol–water partition coefficient (Wildman–Crippen LogP) is 3.90. The summed E-state index contributed by atoms with van der Waals surface area (Å²) >= 11 is 0. The van der Waals surface area contributed by atoms with Crippen molar-refractivity contribution in [3.63, 3.8) is 0 Å². The average Bonchev–Trinajstić information content (AvgIpc) is 3.39.